The molecular weight excluding hydrogens is 240 g/mol. The summed E-state index contributed by atoms with van der Waals surface area (Å²) in [5.41, 5.74) is 4.13. The summed E-state index contributed by atoms with van der Waals surface area (Å²) in [6.07, 6.45) is 4.96. The van der Waals surface area contributed by atoms with Gasteiger partial charge in [-0.15, -0.1) is 0 Å². The fraction of sp³-hybridized carbons (Fsp3) is 0.267. The highest BCUT2D eigenvalue weighted by atomic mass is 16.5. The lowest BCUT2D eigenvalue weighted by molar-refractivity contribution is 0.0603. The van der Waals surface area contributed by atoms with Gasteiger partial charge in [-0.25, -0.2) is 4.79 Å². The third kappa shape index (κ3) is 2.15. The number of rotatable bonds is 2. The Morgan fingerprint density at radius 2 is 2.26 bits per heavy atom. The number of carbonyl (C=O) groups is 1. The Morgan fingerprint density at radius 3 is 3.00 bits per heavy atom. The van der Waals surface area contributed by atoms with Crippen molar-refractivity contribution in [2.75, 3.05) is 20.2 Å². The van der Waals surface area contributed by atoms with Crippen LogP contribution < -0.4 is 5.32 Å². The molecule has 3 rings (SSSR count). The first-order valence-corrected chi connectivity index (χ1v) is 6.39. The Morgan fingerprint density at radius 1 is 1.37 bits per heavy atom. The number of H-pyrrole nitrogens is 1. The molecule has 0 atom stereocenters. The lowest BCUT2D eigenvalue weighted by atomic mass is 9.99. The van der Waals surface area contributed by atoms with Crippen molar-refractivity contribution in [2.24, 2.45) is 0 Å². The van der Waals surface area contributed by atoms with Gasteiger partial charge in [0.05, 0.1) is 12.7 Å². The van der Waals surface area contributed by atoms with E-state index in [4.69, 9.17) is 4.74 Å². The lowest BCUT2D eigenvalue weighted by Crippen LogP contribution is -2.19. The number of aromatic nitrogens is 1. The second-order valence-corrected chi connectivity index (χ2v) is 4.64. The summed E-state index contributed by atoms with van der Waals surface area (Å²) >= 11 is 0. The van der Waals surface area contributed by atoms with Gasteiger partial charge in [0.15, 0.2) is 0 Å². The van der Waals surface area contributed by atoms with Crippen LogP contribution in [0.1, 0.15) is 22.3 Å². The zero-order chi connectivity index (χ0) is 13.2. The predicted octanol–water partition coefficient (Wildman–Crippen LogP) is 2.33. The quantitative estimate of drug-likeness (QED) is 0.811. The van der Waals surface area contributed by atoms with Crippen LogP contribution in [0, 0.1) is 0 Å². The highest BCUT2D eigenvalue weighted by Crippen LogP contribution is 2.26. The largest absolute Gasteiger partial charge is 0.465 e. The van der Waals surface area contributed by atoms with Crippen molar-refractivity contribution in [3.63, 3.8) is 0 Å². The van der Waals surface area contributed by atoms with Gasteiger partial charge in [-0.3, -0.25) is 0 Å². The summed E-state index contributed by atoms with van der Waals surface area (Å²) in [5, 5.41) is 4.21. The second-order valence-electron chi connectivity index (χ2n) is 4.64. The Balaban J connectivity index is 2.03. The molecule has 0 bridgehead atoms. The molecule has 0 unspecified atom stereocenters. The summed E-state index contributed by atoms with van der Waals surface area (Å²) in [6, 6.07) is 6.15. The van der Waals surface area contributed by atoms with Crippen molar-refractivity contribution in [3.05, 3.63) is 41.6 Å². The fourth-order valence-electron chi connectivity index (χ4n) is 2.49. The van der Waals surface area contributed by atoms with E-state index in [9.17, 15) is 4.79 Å². The van der Waals surface area contributed by atoms with E-state index in [-0.39, 0.29) is 5.97 Å². The predicted molar refractivity (Wildman–Crippen MR) is 75.1 cm³/mol. The monoisotopic (exact) mass is 256 g/mol. The van der Waals surface area contributed by atoms with Gasteiger partial charge >= 0.3 is 5.97 Å². The van der Waals surface area contributed by atoms with Gasteiger partial charge in [0.2, 0.25) is 0 Å². The zero-order valence-electron chi connectivity index (χ0n) is 10.8. The van der Waals surface area contributed by atoms with E-state index in [1.807, 2.05) is 6.07 Å². The van der Waals surface area contributed by atoms with Gasteiger partial charge in [0.1, 0.15) is 0 Å². The van der Waals surface area contributed by atoms with Crippen molar-refractivity contribution in [3.8, 4) is 0 Å². The third-order valence-corrected chi connectivity index (χ3v) is 3.52. The average Bonchev–Trinajstić information content (AvgIpc) is 2.90. The van der Waals surface area contributed by atoms with Gasteiger partial charge in [-0.1, -0.05) is 18.2 Å². The first-order chi connectivity index (χ1) is 9.29. The molecule has 2 aromatic rings. The summed E-state index contributed by atoms with van der Waals surface area (Å²) in [5.74, 6) is -0.305. The first-order valence-electron chi connectivity index (χ1n) is 6.39. The molecule has 4 nitrogen and oxygen atoms in total. The summed E-state index contributed by atoms with van der Waals surface area (Å²) < 4.78 is 4.77. The summed E-state index contributed by atoms with van der Waals surface area (Å²) in [4.78, 5) is 14.8. The minimum Gasteiger partial charge on any atom is -0.465 e. The van der Waals surface area contributed by atoms with E-state index in [1.165, 1.54) is 18.2 Å². The van der Waals surface area contributed by atoms with Gasteiger partial charge in [0, 0.05) is 23.6 Å². The average molecular weight is 256 g/mol. The Bertz CT molecular complexity index is 655. The SMILES string of the molecule is COC(=O)c1c[nH]c2cc(C3=CCNCC3)ccc12. The number of nitrogens with one attached hydrogen (secondary N) is 2. The van der Waals surface area contributed by atoms with Crippen LogP contribution in [0.15, 0.2) is 30.5 Å². The highest BCUT2D eigenvalue weighted by molar-refractivity contribution is 6.04. The lowest BCUT2D eigenvalue weighted by Gasteiger charge is -2.14. The highest BCUT2D eigenvalue weighted by Gasteiger charge is 2.13. The molecule has 1 aliphatic rings. The van der Waals surface area contributed by atoms with Crippen molar-refractivity contribution in [1.29, 1.82) is 0 Å². The van der Waals surface area contributed by atoms with E-state index in [0.29, 0.717) is 5.56 Å². The van der Waals surface area contributed by atoms with Crippen LogP contribution in [-0.4, -0.2) is 31.2 Å². The van der Waals surface area contributed by atoms with Crippen LogP contribution in [0.2, 0.25) is 0 Å². The van der Waals surface area contributed by atoms with Crippen LogP contribution >= 0.6 is 0 Å². The Labute approximate surface area is 111 Å². The first kappa shape index (κ1) is 12.0. The molecule has 0 fully saturated rings. The van der Waals surface area contributed by atoms with Crippen LogP contribution in [-0.2, 0) is 4.74 Å². The fourth-order valence-corrected chi connectivity index (χ4v) is 2.49. The Kier molecular flexibility index (Phi) is 3.09. The van der Waals surface area contributed by atoms with Crippen LogP contribution in [0.5, 0.6) is 0 Å². The number of benzene rings is 1. The topological polar surface area (TPSA) is 54.1 Å². The van der Waals surface area contributed by atoms with E-state index in [1.54, 1.807) is 6.20 Å². The second kappa shape index (κ2) is 4.90. The number of fused-ring (bicyclic) bond motifs is 1. The molecule has 0 aliphatic carbocycles. The molecule has 2 heterocycles. The maximum atomic E-state index is 11.6. The maximum absolute atomic E-state index is 11.6. The zero-order valence-corrected chi connectivity index (χ0v) is 10.8. The molecule has 98 valence electrons. The van der Waals surface area contributed by atoms with E-state index >= 15 is 0 Å². The standard InChI is InChI=1S/C15H16N2O2/c1-19-15(18)13-9-17-14-8-11(2-3-12(13)14)10-4-6-16-7-5-10/h2-4,8-9,16-17H,5-7H2,1H3. The Hall–Kier alpha value is -2.07. The molecule has 4 heteroatoms. The van der Waals surface area contributed by atoms with Crippen LogP contribution in [0.3, 0.4) is 0 Å². The summed E-state index contributed by atoms with van der Waals surface area (Å²) in [6.45, 7) is 1.94. The molecule has 0 spiro atoms. The van der Waals surface area contributed by atoms with Gasteiger partial charge in [-0.2, -0.15) is 0 Å². The molecule has 0 saturated carbocycles. The third-order valence-electron chi connectivity index (χ3n) is 3.52. The van der Waals surface area contributed by atoms with E-state index in [2.05, 4.69) is 28.5 Å². The molecule has 0 amide bonds. The minimum atomic E-state index is -0.305. The van der Waals surface area contributed by atoms with E-state index < -0.39 is 0 Å². The number of esters is 1. The molecule has 0 radical (unpaired) electrons. The summed E-state index contributed by atoms with van der Waals surface area (Å²) in [7, 11) is 1.40. The van der Waals surface area contributed by atoms with Crippen molar-refractivity contribution in [1.82, 2.24) is 10.3 Å². The number of hydrogen-bond donors (Lipinski definition) is 2. The number of carbonyl (C=O) groups excluding carboxylic acids is 1. The van der Waals surface area contributed by atoms with Gasteiger partial charge in [-0.05, 0) is 30.2 Å². The molecule has 1 aliphatic heterocycles. The number of aromatic amines is 1. The maximum Gasteiger partial charge on any atom is 0.340 e. The minimum absolute atomic E-state index is 0.305. The number of hydrogen-bond acceptors (Lipinski definition) is 3. The normalized spacial score (nSPS) is 15.3. The van der Waals surface area contributed by atoms with Crippen molar-refractivity contribution in [2.45, 2.75) is 6.42 Å². The van der Waals surface area contributed by atoms with E-state index in [0.717, 1.165) is 30.4 Å². The van der Waals surface area contributed by atoms with Crippen molar-refractivity contribution < 1.29 is 9.53 Å². The molecule has 1 aromatic heterocycles. The smallest absolute Gasteiger partial charge is 0.340 e. The molecule has 0 saturated heterocycles. The molecular formula is C15H16N2O2. The van der Waals surface area contributed by atoms with Gasteiger partial charge in [0.25, 0.3) is 0 Å². The van der Waals surface area contributed by atoms with Crippen LogP contribution in [0.25, 0.3) is 16.5 Å². The van der Waals surface area contributed by atoms with Crippen molar-refractivity contribution >= 4 is 22.4 Å². The number of ether oxygens (including phenoxy) is 1. The molecule has 19 heavy (non-hydrogen) atoms. The molecule has 1 aromatic carbocycles. The number of methoxy groups -OCH3 is 1. The van der Waals surface area contributed by atoms with Crippen LogP contribution in [0.4, 0.5) is 0 Å². The molecule has 2 N–H and O–H groups in total. The van der Waals surface area contributed by atoms with Gasteiger partial charge < -0.3 is 15.0 Å².